The van der Waals surface area contributed by atoms with Gasteiger partial charge in [-0.05, 0) is 58.9 Å². The van der Waals surface area contributed by atoms with E-state index in [0.29, 0.717) is 17.7 Å². The molecule has 2 unspecified atom stereocenters. The summed E-state index contributed by atoms with van der Waals surface area (Å²) in [4.78, 5) is 0. The average molecular weight is 225 g/mol. The van der Waals surface area contributed by atoms with Crippen LogP contribution in [0, 0.1) is 0 Å². The Kier molecular flexibility index (Phi) is 4.26. The number of ether oxygens (including phenoxy) is 1. The Bertz CT molecular complexity index is 211. The predicted octanol–water partition coefficient (Wildman–Crippen LogP) is 3.26. The lowest BCUT2D eigenvalue weighted by Crippen LogP contribution is -2.25. The van der Waals surface area contributed by atoms with Gasteiger partial charge in [0.25, 0.3) is 0 Å². The van der Waals surface area contributed by atoms with Gasteiger partial charge in [0.1, 0.15) is 0 Å². The van der Waals surface area contributed by atoms with Crippen molar-refractivity contribution in [3.63, 3.8) is 0 Å². The van der Waals surface area contributed by atoms with Crippen LogP contribution in [-0.4, -0.2) is 24.8 Å². The normalized spacial score (nSPS) is 30.0. The van der Waals surface area contributed by atoms with Crippen molar-refractivity contribution < 1.29 is 4.74 Å². The van der Waals surface area contributed by atoms with E-state index in [0.717, 1.165) is 0 Å². The van der Waals surface area contributed by atoms with Crippen molar-refractivity contribution in [2.45, 2.75) is 82.5 Å². The molecule has 1 N–H and O–H groups in total. The van der Waals surface area contributed by atoms with E-state index in [1.165, 1.54) is 57.8 Å². The van der Waals surface area contributed by atoms with Gasteiger partial charge in [-0.25, -0.2) is 0 Å². The van der Waals surface area contributed by atoms with Crippen molar-refractivity contribution in [3.8, 4) is 0 Å². The molecule has 2 nitrogen and oxygen atoms in total. The summed E-state index contributed by atoms with van der Waals surface area (Å²) in [5.74, 6) is 0. The lowest BCUT2D eigenvalue weighted by atomic mass is 9.97. The van der Waals surface area contributed by atoms with Crippen LogP contribution in [0.15, 0.2) is 0 Å². The molecule has 1 aliphatic heterocycles. The molecular weight excluding hydrogens is 198 g/mol. The lowest BCUT2D eigenvalue weighted by Gasteiger charge is -2.24. The van der Waals surface area contributed by atoms with E-state index >= 15 is 0 Å². The van der Waals surface area contributed by atoms with E-state index in [1.54, 1.807) is 0 Å². The van der Waals surface area contributed by atoms with E-state index in [9.17, 15) is 0 Å². The Labute approximate surface area is 100 Å². The van der Waals surface area contributed by atoms with E-state index in [2.05, 4.69) is 12.2 Å². The van der Waals surface area contributed by atoms with Crippen LogP contribution >= 0.6 is 0 Å². The number of hydrogen-bond acceptors (Lipinski definition) is 2. The molecule has 2 rings (SSSR count). The van der Waals surface area contributed by atoms with Crippen LogP contribution in [0.5, 0.6) is 0 Å². The maximum atomic E-state index is 6.30. The quantitative estimate of drug-likeness (QED) is 0.775. The van der Waals surface area contributed by atoms with Gasteiger partial charge < -0.3 is 10.1 Å². The monoisotopic (exact) mass is 225 g/mol. The minimum atomic E-state index is 0.333. The van der Waals surface area contributed by atoms with Crippen molar-refractivity contribution >= 4 is 0 Å². The SMILES string of the molecule is CNC(C)CCCC1CCC2(CCCC2)O1. The summed E-state index contributed by atoms with van der Waals surface area (Å²) in [6.45, 7) is 2.26. The molecule has 0 amide bonds. The van der Waals surface area contributed by atoms with Crippen molar-refractivity contribution in [2.24, 2.45) is 0 Å². The molecule has 0 radical (unpaired) electrons. The first-order valence-electron chi connectivity index (χ1n) is 7.09. The Morgan fingerprint density at radius 3 is 2.75 bits per heavy atom. The molecule has 0 aromatic rings. The minimum absolute atomic E-state index is 0.333. The fourth-order valence-electron chi connectivity index (χ4n) is 3.28. The smallest absolute Gasteiger partial charge is 0.0687 e. The molecule has 94 valence electrons. The molecule has 1 saturated heterocycles. The molecule has 2 atom stereocenters. The van der Waals surface area contributed by atoms with Gasteiger partial charge in [-0.15, -0.1) is 0 Å². The highest BCUT2D eigenvalue weighted by molar-refractivity contribution is 4.92. The van der Waals surface area contributed by atoms with Gasteiger partial charge in [0.2, 0.25) is 0 Å². The van der Waals surface area contributed by atoms with Crippen LogP contribution in [0.1, 0.15) is 64.7 Å². The lowest BCUT2D eigenvalue weighted by molar-refractivity contribution is -0.0396. The molecular formula is C14H27NO. The van der Waals surface area contributed by atoms with Crippen LogP contribution < -0.4 is 5.32 Å². The number of nitrogens with one attached hydrogen (secondary N) is 1. The largest absolute Gasteiger partial charge is 0.372 e. The van der Waals surface area contributed by atoms with Crippen LogP contribution in [0.25, 0.3) is 0 Å². The molecule has 0 bridgehead atoms. The molecule has 0 aromatic heterocycles. The predicted molar refractivity (Wildman–Crippen MR) is 67.7 cm³/mol. The van der Waals surface area contributed by atoms with Crippen LogP contribution in [0.4, 0.5) is 0 Å². The second-order valence-corrected chi connectivity index (χ2v) is 5.79. The summed E-state index contributed by atoms with van der Waals surface area (Å²) in [5.41, 5.74) is 0.333. The fraction of sp³-hybridized carbons (Fsp3) is 1.00. The van der Waals surface area contributed by atoms with Gasteiger partial charge in [0, 0.05) is 6.04 Å². The van der Waals surface area contributed by atoms with Crippen molar-refractivity contribution in [3.05, 3.63) is 0 Å². The summed E-state index contributed by atoms with van der Waals surface area (Å²) in [7, 11) is 2.05. The maximum absolute atomic E-state index is 6.30. The summed E-state index contributed by atoms with van der Waals surface area (Å²) in [5, 5.41) is 3.30. The molecule has 1 aliphatic carbocycles. The summed E-state index contributed by atoms with van der Waals surface area (Å²) >= 11 is 0. The van der Waals surface area contributed by atoms with E-state index in [4.69, 9.17) is 4.74 Å². The van der Waals surface area contributed by atoms with Crippen molar-refractivity contribution in [2.75, 3.05) is 7.05 Å². The molecule has 16 heavy (non-hydrogen) atoms. The molecule has 1 heterocycles. The van der Waals surface area contributed by atoms with E-state index in [-0.39, 0.29) is 0 Å². The number of rotatable bonds is 5. The Hall–Kier alpha value is -0.0800. The average Bonchev–Trinajstić information content (AvgIpc) is 2.90. The zero-order valence-electron chi connectivity index (χ0n) is 10.9. The summed E-state index contributed by atoms with van der Waals surface area (Å²) in [6.07, 6.45) is 12.5. The van der Waals surface area contributed by atoms with E-state index < -0.39 is 0 Å². The van der Waals surface area contributed by atoms with Gasteiger partial charge in [0.05, 0.1) is 11.7 Å². The van der Waals surface area contributed by atoms with Crippen LogP contribution in [0.2, 0.25) is 0 Å². The number of hydrogen-bond donors (Lipinski definition) is 1. The third kappa shape index (κ3) is 2.98. The van der Waals surface area contributed by atoms with Crippen LogP contribution in [0.3, 0.4) is 0 Å². The molecule has 1 saturated carbocycles. The first kappa shape index (κ1) is 12.4. The van der Waals surface area contributed by atoms with Gasteiger partial charge >= 0.3 is 0 Å². The molecule has 1 spiro atoms. The highest BCUT2D eigenvalue weighted by Gasteiger charge is 2.41. The Balaban J connectivity index is 1.65. The second-order valence-electron chi connectivity index (χ2n) is 5.79. The van der Waals surface area contributed by atoms with E-state index in [1.807, 2.05) is 7.05 Å². The molecule has 2 aliphatic rings. The zero-order chi connectivity index (χ0) is 11.4. The topological polar surface area (TPSA) is 21.3 Å². The highest BCUT2D eigenvalue weighted by atomic mass is 16.5. The summed E-state index contributed by atoms with van der Waals surface area (Å²) < 4.78 is 6.30. The zero-order valence-corrected chi connectivity index (χ0v) is 10.9. The Morgan fingerprint density at radius 2 is 2.06 bits per heavy atom. The third-order valence-corrected chi connectivity index (χ3v) is 4.51. The van der Waals surface area contributed by atoms with Crippen molar-refractivity contribution in [1.82, 2.24) is 5.32 Å². The summed E-state index contributed by atoms with van der Waals surface area (Å²) in [6, 6.07) is 0.654. The minimum Gasteiger partial charge on any atom is -0.372 e. The van der Waals surface area contributed by atoms with Crippen molar-refractivity contribution in [1.29, 1.82) is 0 Å². The standard InChI is InChI=1S/C14H27NO/c1-12(15-2)6-5-7-13-8-11-14(16-13)9-3-4-10-14/h12-13,15H,3-11H2,1-2H3. The van der Waals surface area contributed by atoms with Gasteiger partial charge in [0.15, 0.2) is 0 Å². The van der Waals surface area contributed by atoms with Gasteiger partial charge in [-0.2, -0.15) is 0 Å². The molecule has 2 heteroatoms. The molecule has 2 fully saturated rings. The van der Waals surface area contributed by atoms with Gasteiger partial charge in [-0.3, -0.25) is 0 Å². The Morgan fingerprint density at radius 1 is 1.31 bits per heavy atom. The van der Waals surface area contributed by atoms with Crippen LogP contribution in [-0.2, 0) is 4.74 Å². The third-order valence-electron chi connectivity index (χ3n) is 4.51. The maximum Gasteiger partial charge on any atom is 0.0687 e. The first-order valence-corrected chi connectivity index (χ1v) is 7.09. The first-order chi connectivity index (χ1) is 7.74. The second kappa shape index (κ2) is 5.50. The molecule has 0 aromatic carbocycles. The fourth-order valence-corrected chi connectivity index (χ4v) is 3.28. The highest BCUT2D eigenvalue weighted by Crippen LogP contribution is 2.44. The van der Waals surface area contributed by atoms with Gasteiger partial charge in [-0.1, -0.05) is 12.8 Å².